The number of nitrogens with one attached hydrogen (secondary N) is 1. The average molecular weight is 251 g/mol. The highest BCUT2D eigenvalue weighted by Crippen LogP contribution is 2.43. The molecule has 0 heterocycles. The average Bonchev–Trinajstić information content (AvgIpc) is 2.32. The third-order valence-corrected chi connectivity index (χ3v) is 3.96. The molecule has 3 heteroatoms. The predicted octanol–water partition coefficient (Wildman–Crippen LogP) is 3.16. The van der Waals surface area contributed by atoms with Crippen LogP contribution in [0.2, 0.25) is 0 Å². The minimum atomic E-state index is -0.257. The Morgan fingerprint density at radius 1 is 1.39 bits per heavy atom. The monoisotopic (exact) mass is 251 g/mol. The maximum atomic E-state index is 13.7. The minimum absolute atomic E-state index is 0.257. The molecule has 100 valence electrons. The lowest BCUT2D eigenvalue weighted by atomic mass is 9.65. The third-order valence-electron chi connectivity index (χ3n) is 3.96. The van der Waals surface area contributed by atoms with Gasteiger partial charge in [0.25, 0.3) is 0 Å². The van der Waals surface area contributed by atoms with Crippen LogP contribution in [-0.2, 0) is 6.42 Å². The Hall–Kier alpha value is -1.09. The summed E-state index contributed by atoms with van der Waals surface area (Å²) in [5, 5.41) is 3.43. The van der Waals surface area contributed by atoms with E-state index in [9.17, 15) is 4.39 Å². The lowest BCUT2D eigenvalue weighted by molar-refractivity contribution is 0.131. The molecule has 2 nitrogen and oxygen atoms in total. The van der Waals surface area contributed by atoms with E-state index in [0.717, 1.165) is 25.1 Å². The molecular formula is C15H22FNO. The Kier molecular flexibility index (Phi) is 4.23. The number of hydrogen-bond donors (Lipinski definition) is 1. The van der Waals surface area contributed by atoms with Crippen molar-refractivity contribution in [3.63, 3.8) is 0 Å². The van der Waals surface area contributed by atoms with Crippen LogP contribution in [0.3, 0.4) is 0 Å². The van der Waals surface area contributed by atoms with Crippen molar-refractivity contribution in [1.82, 2.24) is 5.32 Å². The van der Waals surface area contributed by atoms with Gasteiger partial charge in [-0.2, -0.15) is 0 Å². The molecule has 1 fully saturated rings. The summed E-state index contributed by atoms with van der Waals surface area (Å²) < 4.78 is 18.6. The van der Waals surface area contributed by atoms with Gasteiger partial charge in [-0.3, -0.25) is 0 Å². The Labute approximate surface area is 109 Å². The van der Waals surface area contributed by atoms with Gasteiger partial charge in [-0.1, -0.05) is 19.4 Å². The minimum Gasteiger partial charge on any atom is -0.494 e. The summed E-state index contributed by atoms with van der Waals surface area (Å²) in [7, 11) is 1.50. The van der Waals surface area contributed by atoms with Crippen LogP contribution in [0.1, 0.15) is 31.7 Å². The normalized spacial score (nSPS) is 17.3. The summed E-state index contributed by atoms with van der Waals surface area (Å²) in [4.78, 5) is 0. The van der Waals surface area contributed by atoms with Crippen LogP contribution in [0.4, 0.5) is 4.39 Å². The van der Waals surface area contributed by atoms with Gasteiger partial charge in [0.1, 0.15) is 0 Å². The lowest BCUT2D eigenvalue weighted by Gasteiger charge is -2.42. The van der Waals surface area contributed by atoms with E-state index >= 15 is 0 Å². The summed E-state index contributed by atoms with van der Waals surface area (Å²) in [5.41, 5.74) is 1.42. The molecule has 1 aromatic rings. The van der Waals surface area contributed by atoms with Gasteiger partial charge in [0.2, 0.25) is 0 Å². The standard InChI is InChI=1S/C15H22FNO/c1-3-17-11-15(7-4-8-15)10-12-5-6-14(18-2)13(16)9-12/h5-6,9,17H,3-4,7-8,10-11H2,1-2H3. The molecule has 0 spiro atoms. The molecule has 0 bridgehead atoms. The third kappa shape index (κ3) is 2.83. The second-order valence-electron chi connectivity index (χ2n) is 5.28. The number of rotatable bonds is 6. The molecule has 1 aliphatic carbocycles. The van der Waals surface area contributed by atoms with Crippen molar-refractivity contribution in [1.29, 1.82) is 0 Å². The number of halogens is 1. The fourth-order valence-electron chi connectivity index (χ4n) is 2.74. The quantitative estimate of drug-likeness (QED) is 0.838. The van der Waals surface area contributed by atoms with Gasteiger partial charge in [0.15, 0.2) is 11.6 Å². The maximum absolute atomic E-state index is 13.7. The van der Waals surface area contributed by atoms with E-state index in [2.05, 4.69) is 12.2 Å². The van der Waals surface area contributed by atoms with Crippen molar-refractivity contribution in [2.45, 2.75) is 32.6 Å². The number of methoxy groups -OCH3 is 1. The Balaban J connectivity index is 2.05. The highest BCUT2D eigenvalue weighted by molar-refractivity contribution is 5.30. The lowest BCUT2D eigenvalue weighted by Crippen LogP contribution is -2.41. The first kappa shape index (κ1) is 13.3. The van der Waals surface area contributed by atoms with Crippen LogP contribution < -0.4 is 10.1 Å². The first-order valence-electron chi connectivity index (χ1n) is 6.72. The summed E-state index contributed by atoms with van der Waals surface area (Å²) in [6.07, 6.45) is 4.74. The van der Waals surface area contributed by atoms with Crippen molar-refractivity contribution in [2.75, 3.05) is 20.2 Å². The summed E-state index contributed by atoms with van der Waals surface area (Å²) >= 11 is 0. The molecule has 0 saturated heterocycles. The maximum Gasteiger partial charge on any atom is 0.165 e. The van der Waals surface area contributed by atoms with Gasteiger partial charge < -0.3 is 10.1 Å². The Morgan fingerprint density at radius 2 is 2.17 bits per heavy atom. The van der Waals surface area contributed by atoms with Gasteiger partial charge >= 0.3 is 0 Å². The van der Waals surface area contributed by atoms with E-state index in [4.69, 9.17) is 4.74 Å². The molecule has 1 aromatic carbocycles. The molecule has 2 rings (SSSR count). The Morgan fingerprint density at radius 3 is 2.67 bits per heavy atom. The van der Waals surface area contributed by atoms with Crippen LogP contribution >= 0.6 is 0 Å². The van der Waals surface area contributed by atoms with Crippen molar-refractivity contribution in [3.05, 3.63) is 29.6 Å². The van der Waals surface area contributed by atoms with Crippen LogP contribution in [0.5, 0.6) is 5.75 Å². The zero-order valence-corrected chi connectivity index (χ0v) is 11.3. The zero-order chi connectivity index (χ0) is 13.0. The van der Waals surface area contributed by atoms with Gasteiger partial charge in [-0.05, 0) is 48.9 Å². The smallest absolute Gasteiger partial charge is 0.165 e. The molecule has 1 N–H and O–H groups in total. The molecule has 18 heavy (non-hydrogen) atoms. The molecule has 0 aromatic heterocycles. The first-order valence-corrected chi connectivity index (χ1v) is 6.72. The van der Waals surface area contributed by atoms with Crippen LogP contribution in [0.15, 0.2) is 18.2 Å². The molecule has 1 saturated carbocycles. The van der Waals surface area contributed by atoms with Crippen molar-refractivity contribution >= 4 is 0 Å². The molecule has 0 unspecified atom stereocenters. The topological polar surface area (TPSA) is 21.3 Å². The van der Waals surface area contributed by atoms with Crippen molar-refractivity contribution in [3.8, 4) is 5.75 Å². The zero-order valence-electron chi connectivity index (χ0n) is 11.3. The molecule has 1 aliphatic rings. The van der Waals surface area contributed by atoms with Crippen LogP contribution in [-0.4, -0.2) is 20.2 Å². The summed E-state index contributed by atoms with van der Waals surface area (Å²) in [5.74, 6) is 0.0704. The summed E-state index contributed by atoms with van der Waals surface area (Å²) in [6.45, 7) is 4.16. The number of ether oxygens (including phenoxy) is 1. The predicted molar refractivity (Wildman–Crippen MR) is 71.5 cm³/mol. The van der Waals surface area contributed by atoms with Crippen molar-refractivity contribution < 1.29 is 9.13 Å². The molecular weight excluding hydrogens is 229 g/mol. The fourth-order valence-corrected chi connectivity index (χ4v) is 2.74. The highest BCUT2D eigenvalue weighted by atomic mass is 19.1. The molecule has 0 atom stereocenters. The van der Waals surface area contributed by atoms with Crippen LogP contribution in [0.25, 0.3) is 0 Å². The van der Waals surface area contributed by atoms with Crippen LogP contribution in [0, 0.1) is 11.2 Å². The van der Waals surface area contributed by atoms with E-state index in [1.807, 2.05) is 6.07 Å². The second-order valence-corrected chi connectivity index (χ2v) is 5.28. The van der Waals surface area contributed by atoms with E-state index in [1.165, 1.54) is 26.4 Å². The number of benzene rings is 1. The van der Waals surface area contributed by atoms with E-state index in [-0.39, 0.29) is 5.82 Å². The van der Waals surface area contributed by atoms with Gasteiger partial charge in [0.05, 0.1) is 7.11 Å². The fraction of sp³-hybridized carbons (Fsp3) is 0.600. The van der Waals surface area contributed by atoms with E-state index < -0.39 is 0 Å². The second kappa shape index (κ2) is 5.70. The van der Waals surface area contributed by atoms with Gasteiger partial charge in [-0.25, -0.2) is 4.39 Å². The SMILES string of the molecule is CCNCC1(Cc2ccc(OC)c(F)c2)CCC1. The largest absolute Gasteiger partial charge is 0.494 e. The summed E-state index contributed by atoms with van der Waals surface area (Å²) in [6, 6.07) is 5.32. The first-order chi connectivity index (χ1) is 8.69. The molecule has 0 radical (unpaired) electrons. The number of hydrogen-bond acceptors (Lipinski definition) is 2. The Bertz CT molecular complexity index is 401. The molecule has 0 amide bonds. The van der Waals surface area contributed by atoms with E-state index in [1.54, 1.807) is 12.1 Å². The molecule has 0 aliphatic heterocycles. The highest BCUT2D eigenvalue weighted by Gasteiger charge is 2.36. The van der Waals surface area contributed by atoms with Crippen molar-refractivity contribution in [2.24, 2.45) is 5.41 Å². The van der Waals surface area contributed by atoms with E-state index in [0.29, 0.717) is 11.2 Å². The van der Waals surface area contributed by atoms with Gasteiger partial charge in [0, 0.05) is 6.54 Å². The van der Waals surface area contributed by atoms with Gasteiger partial charge in [-0.15, -0.1) is 0 Å².